The van der Waals surface area contributed by atoms with Gasteiger partial charge in [-0.15, -0.1) is 0 Å². The normalized spacial score (nSPS) is 17.5. The molecular weight excluding hydrogens is 300 g/mol. The van der Waals surface area contributed by atoms with Crippen molar-refractivity contribution < 1.29 is 0 Å². The van der Waals surface area contributed by atoms with Crippen molar-refractivity contribution in [1.82, 2.24) is 9.27 Å². The van der Waals surface area contributed by atoms with Crippen LogP contribution in [0, 0.1) is 6.92 Å². The van der Waals surface area contributed by atoms with Crippen LogP contribution in [0.3, 0.4) is 0 Å². The Morgan fingerprint density at radius 3 is 2.65 bits per heavy atom. The molecule has 1 aliphatic carbocycles. The first-order valence-electron chi connectivity index (χ1n) is 9.01. The van der Waals surface area contributed by atoms with Gasteiger partial charge in [0, 0.05) is 16.5 Å². The largest absolute Gasteiger partial charge is 0.300 e. The van der Waals surface area contributed by atoms with Gasteiger partial charge in [0.15, 0.2) is 0 Å². The Morgan fingerprint density at radius 2 is 2.00 bits per heavy atom. The van der Waals surface area contributed by atoms with Crippen LogP contribution in [0.4, 0.5) is 0 Å². The van der Waals surface area contributed by atoms with Crippen molar-refractivity contribution >= 4 is 11.5 Å². The Bertz CT molecular complexity index is 641. The summed E-state index contributed by atoms with van der Waals surface area (Å²) in [7, 11) is 0. The summed E-state index contributed by atoms with van der Waals surface area (Å²) in [6, 6.07) is 9.72. The van der Waals surface area contributed by atoms with Gasteiger partial charge in [0.2, 0.25) is 0 Å². The number of fused-ring (bicyclic) bond motifs is 1. The van der Waals surface area contributed by atoms with Crippen molar-refractivity contribution in [3.63, 3.8) is 0 Å². The lowest BCUT2D eigenvalue weighted by Gasteiger charge is -2.35. The highest BCUT2D eigenvalue weighted by Crippen LogP contribution is 2.33. The van der Waals surface area contributed by atoms with Crippen molar-refractivity contribution in [1.29, 1.82) is 0 Å². The lowest BCUT2D eigenvalue weighted by atomic mass is 9.83. The van der Waals surface area contributed by atoms with Crippen molar-refractivity contribution in [3.8, 4) is 11.3 Å². The molecule has 0 N–H and O–H groups in total. The van der Waals surface area contributed by atoms with Gasteiger partial charge in [-0.1, -0.05) is 32.0 Å². The summed E-state index contributed by atoms with van der Waals surface area (Å²) in [5.74, 6) is 0. The Hall–Kier alpha value is -1.19. The van der Waals surface area contributed by atoms with Crippen LogP contribution in [-0.4, -0.2) is 28.4 Å². The fourth-order valence-electron chi connectivity index (χ4n) is 3.87. The summed E-state index contributed by atoms with van der Waals surface area (Å²) in [6.07, 6.45) is 6.18. The van der Waals surface area contributed by atoms with E-state index in [0.29, 0.717) is 6.04 Å². The quantitative estimate of drug-likeness (QED) is 0.733. The highest BCUT2D eigenvalue weighted by atomic mass is 32.1. The van der Waals surface area contributed by atoms with Gasteiger partial charge < -0.3 is 4.90 Å². The molecule has 0 radical (unpaired) electrons. The highest BCUT2D eigenvalue weighted by Gasteiger charge is 2.25. The first-order chi connectivity index (χ1) is 11.2. The number of hydrogen-bond donors (Lipinski definition) is 0. The molecule has 3 heteroatoms. The summed E-state index contributed by atoms with van der Waals surface area (Å²) < 4.78 is 4.66. The Balaban J connectivity index is 1.89. The van der Waals surface area contributed by atoms with E-state index in [1.54, 1.807) is 17.1 Å². The number of hydrogen-bond acceptors (Lipinski definition) is 3. The minimum absolute atomic E-state index is 0.697. The number of aromatic nitrogens is 1. The van der Waals surface area contributed by atoms with Gasteiger partial charge in [-0.3, -0.25) is 0 Å². The fraction of sp³-hybridized carbons (Fsp3) is 0.550. The minimum Gasteiger partial charge on any atom is -0.300 e. The molecule has 2 aromatic rings. The summed E-state index contributed by atoms with van der Waals surface area (Å²) in [5, 5.41) is 0. The van der Waals surface area contributed by atoms with E-state index in [1.165, 1.54) is 66.9 Å². The molecular formula is C20H28N2S. The molecule has 1 atom stereocenters. The molecule has 3 rings (SSSR count). The second kappa shape index (κ2) is 7.59. The van der Waals surface area contributed by atoms with Gasteiger partial charge in [0.1, 0.15) is 0 Å². The Kier molecular flexibility index (Phi) is 5.50. The van der Waals surface area contributed by atoms with E-state index in [1.807, 2.05) is 0 Å². The van der Waals surface area contributed by atoms with Crippen LogP contribution in [0.5, 0.6) is 0 Å². The molecule has 0 fully saturated rings. The third-order valence-electron chi connectivity index (χ3n) is 4.90. The Morgan fingerprint density at radius 1 is 1.22 bits per heavy atom. The zero-order valence-corrected chi connectivity index (χ0v) is 15.5. The summed E-state index contributed by atoms with van der Waals surface area (Å²) >= 11 is 1.61. The zero-order chi connectivity index (χ0) is 16.2. The van der Waals surface area contributed by atoms with Gasteiger partial charge in [-0.2, -0.15) is 4.37 Å². The third-order valence-corrected chi connectivity index (χ3v) is 5.60. The minimum atomic E-state index is 0.697. The van der Waals surface area contributed by atoms with E-state index < -0.39 is 0 Å². The highest BCUT2D eigenvalue weighted by molar-refractivity contribution is 7.05. The van der Waals surface area contributed by atoms with E-state index in [9.17, 15) is 0 Å². The SMILES string of the molecule is CCCN(CCC)C1CCc2cccc(-c3cc(C)sn3)c2C1. The molecule has 1 heterocycles. The smallest absolute Gasteiger partial charge is 0.0846 e. The second-order valence-corrected chi connectivity index (χ2v) is 7.71. The first kappa shape index (κ1) is 16.7. The first-order valence-corrected chi connectivity index (χ1v) is 9.78. The van der Waals surface area contributed by atoms with Crippen LogP contribution in [0.1, 0.15) is 49.1 Å². The van der Waals surface area contributed by atoms with Crippen molar-refractivity contribution in [2.75, 3.05) is 13.1 Å². The van der Waals surface area contributed by atoms with Crippen LogP contribution in [0.15, 0.2) is 24.3 Å². The number of nitrogens with zero attached hydrogens (tertiary/aromatic N) is 2. The topological polar surface area (TPSA) is 16.1 Å². The molecule has 124 valence electrons. The lowest BCUT2D eigenvalue weighted by molar-refractivity contribution is 0.180. The molecule has 0 bridgehead atoms. The van der Waals surface area contributed by atoms with Crippen LogP contribution >= 0.6 is 11.5 Å². The van der Waals surface area contributed by atoms with Crippen LogP contribution < -0.4 is 0 Å². The lowest BCUT2D eigenvalue weighted by Crippen LogP contribution is -2.40. The monoisotopic (exact) mass is 328 g/mol. The number of aryl methyl sites for hydroxylation is 2. The zero-order valence-electron chi connectivity index (χ0n) is 14.6. The standard InChI is InChI=1S/C20H28N2S/c1-4-11-22(12-5-2)17-10-9-16-7-6-8-18(19(16)14-17)20-13-15(3)23-21-20/h6-8,13,17H,4-5,9-12,14H2,1-3H3. The summed E-state index contributed by atoms with van der Waals surface area (Å²) in [4.78, 5) is 4.01. The number of benzene rings is 1. The summed E-state index contributed by atoms with van der Waals surface area (Å²) in [5.41, 5.74) is 5.62. The molecule has 1 aromatic carbocycles. The molecule has 2 nitrogen and oxygen atoms in total. The molecule has 0 aliphatic heterocycles. The average Bonchev–Trinajstić information content (AvgIpc) is 3.00. The maximum atomic E-state index is 4.66. The van der Waals surface area contributed by atoms with Gasteiger partial charge in [-0.25, -0.2) is 0 Å². The Labute approximate surface area is 144 Å². The molecule has 1 aromatic heterocycles. The van der Waals surface area contributed by atoms with Gasteiger partial charge >= 0.3 is 0 Å². The van der Waals surface area contributed by atoms with Gasteiger partial charge in [0.05, 0.1) is 5.69 Å². The average molecular weight is 329 g/mol. The van der Waals surface area contributed by atoms with E-state index in [0.717, 1.165) is 0 Å². The van der Waals surface area contributed by atoms with Crippen molar-refractivity contribution in [2.45, 2.75) is 58.9 Å². The van der Waals surface area contributed by atoms with Crippen LogP contribution in [0.25, 0.3) is 11.3 Å². The fourth-order valence-corrected chi connectivity index (χ4v) is 4.42. The molecule has 0 amide bonds. The predicted octanol–water partition coefficient (Wildman–Crippen LogP) is 5.10. The third kappa shape index (κ3) is 3.67. The maximum Gasteiger partial charge on any atom is 0.0846 e. The number of rotatable bonds is 6. The van der Waals surface area contributed by atoms with Gasteiger partial charge in [-0.05, 0) is 80.8 Å². The van der Waals surface area contributed by atoms with E-state index in [-0.39, 0.29) is 0 Å². The van der Waals surface area contributed by atoms with E-state index >= 15 is 0 Å². The van der Waals surface area contributed by atoms with Crippen molar-refractivity contribution in [3.05, 3.63) is 40.3 Å². The van der Waals surface area contributed by atoms with E-state index in [4.69, 9.17) is 0 Å². The molecule has 0 saturated heterocycles. The predicted molar refractivity (Wildman–Crippen MR) is 100 cm³/mol. The molecule has 23 heavy (non-hydrogen) atoms. The maximum absolute atomic E-state index is 4.66. The molecule has 1 aliphatic rings. The van der Waals surface area contributed by atoms with Crippen LogP contribution in [-0.2, 0) is 12.8 Å². The molecule has 0 saturated carbocycles. The van der Waals surface area contributed by atoms with Gasteiger partial charge in [0.25, 0.3) is 0 Å². The molecule has 1 unspecified atom stereocenters. The van der Waals surface area contributed by atoms with Crippen molar-refractivity contribution in [2.24, 2.45) is 0 Å². The van der Waals surface area contributed by atoms with E-state index in [2.05, 4.69) is 54.3 Å². The molecule has 0 spiro atoms. The second-order valence-electron chi connectivity index (χ2n) is 6.70. The summed E-state index contributed by atoms with van der Waals surface area (Å²) in [6.45, 7) is 9.19. The van der Waals surface area contributed by atoms with Crippen LogP contribution in [0.2, 0.25) is 0 Å².